The number of aryl methyl sites for hydroxylation is 1. The molecule has 0 amide bonds. The molecule has 10 heteroatoms. The van der Waals surface area contributed by atoms with E-state index in [9.17, 15) is 9.18 Å². The standard InChI is InChI=1S/C23H24FN5O3S/c1-16-14-21(26-18-4-2-17(24)3-5-18)27-23(25-16)28-10-12-29(13-11-28)33-20-8-6-19(7-9-20)32-15-22(30)31/h2-9,14H,10-13,15H2,1H3,(H,30,31)(H,25,26,27). The number of anilines is 3. The number of halogens is 1. The summed E-state index contributed by atoms with van der Waals surface area (Å²) in [6, 6.07) is 15.4. The molecule has 2 heterocycles. The molecule has 172 valence electrons. The second kappa shape index (κ2) is 10.5. The number of rotatable bonds is 8. The molecule has 0 spiro atoms. The molecule has 1 aromatic heterocycles. The van der Waals surface area contributed by atoms with Crippen LogP contribution in [0.3, 0.4) is 0 Å². The van der Waals surface area contributed by atoms with Crippen LogP contribution in [-0.2, 0) is 4.79 Å². The zero-order valence-corrected chi connectivity index (χ0v) is 18.9. The molecule has 0 bridgehead atoms. The molecule has 0 aliphatic carbocycles. The summed E-state index contributed by atoms with van der Waals surface area (Å²) in [4.78, 5) is 23.1. The fourth-order valence-electron chi connectivity index (χ4n) is 3.31. The number of benzene rings is 2. The smallest absolute Gasteiger partial charge is 0.341 e. The van der Waals surface area contributed by atoms with Gasteiger partial charge in [0.15, 0.2) is 6.61 Å². The zero-order chi connectivity index (χ0) is 23.2. The van der Waals surface area contributed by atoms with Gasteiger partial charge in [0.25, 0.3) is 0 Å². The van der Waals surface area contributed by atoms with E-state index in [0.717, 1.165) is 42.5 Å². The molecular weight excluding hydrogens is 445 g/mol. The van der Waals surface area contributed by atoms with Crippen LogP contribution < -0.4 is 15.0 Å². The number of nitrogens with zero attached hydrogens (tertiary/aromatic N) is 4. The number of hydrogen-bond acceptors (Lipinski definition) is 8. The fourth-order valence-corrected chi connectivity index (χ4v) is 4.21. The second-order valence-corrected chi connectivity index (χ2v) is 8.66. The van der Waals surface area contributed by atoms with Crippen LogP contribution in [0.15, 0.2) is 59.5 Å². The third-order valence-electron chi connectivity index (χ3n) is 4.90. The van der Waals surface area contributed by atoms with Crippen LogP contribution in [-0.4, -0.2) is 58.1 Å². The van der Waals surface area contributed by atoms with Gasteiger partial charge in [0.1, 0.15) is 17.4 Å². The Hall–Kier alpha value is -3.37. The Balaban J connectivity index is 1.32. The van der Waals surface area contributed by atoms with Crippen molar-refractivity contribution in [2.45, 2.75) is 11.8 Å². The highest BCUT2D eigenvalue weighted by Crippen LogP contribution is 2.27. The molecule has 3 aromatic rings. The van der Waals surface area contributed by atoms with Crippen molar-refractivity contribution < 1.29 is 19.0 Å². The lowest BCUT2D eigenvalue weighted by Gasteiger charge is -2.34. The monoisotopic (exact) mass is 469 g/mol. The topological polar surface area (TPSA) is 90.8 Å². The molecule has 2 N–H and O–H groups in total. The highest BCUT2D eigenvalue weighted by Gasteiger charge is 2.20. The van der Waals surface area contributed by atoms with Crippen molar-refractivity contribution >= 4 is 35.4 Å². The molecule has 1 fully saturated rings. The molecule has 33 heavy (non-hydrogen) atoms. The molecule has 1 aliphatic heterocycles. The summed E-state index contributed by atoms with van der Waals surface area (Å²) < 4.78 is 20.6. The summed E-state index contributed by atoms with van der Waals surface area (Å²) in [5.74, 6) is 0.601. The maximum Gasteiger partial charge on any atom is 0.341 e. The largest absolute Gasteiger partial charge is 0.482 e. The fraction of sp³-hybridized carbons (Fsp3) is 0.261. The summed E-state index contributed by atoms with van der Waals surface area (Å²) in [6.07, 6.45) is 0. The summed E-state index contributed by atoms with van der Waals surface area (Å²) in [6.45, 7) is 4.81. The first kappa shape index (κ1) is 22.8. The summed E-state index contributed by atoms with van der Waals surface area (Å²) in [7, 11) is 0. The Bertz CT molecular complexity index is 1090. The summed E-state index contributed by atoms with van der Waals surface area (Å²) >= 11 is 1.66. The SMILES string of the molecule is Cc1cc(Nc2ccc(F)cc2)nc(N2CCN(Sc3ccc(OCC(=O)O)cc3)CC2)n1. The van der Waals surface area contributed by atoms with Crippen molar-refractivity contribution in [3.8, 4) is 5.75 Å². The van der Waals surface area contributed by atoms with Gasteiger partial charge in [0.05, 0.1) is 0 Å². The van der Waals surface area contributed by atoms with E-state index < -0.39 is 5.97 Å². The lowest BCUT2D eigenvalue weighted by molar-refractivity contribution is -0.139. The lowest BCUT2D eigenvalue weighted by atomic mass is 10.3. The summed E-state index contributed by atoms with van der Waals surface area (Å²) in [5.41, 5.74) is 1.62. The lowest BCUT2D eigenvalue weighted by Crippen LogP contribution is -2.44. The van der Waals surface area contributed by atoms with E-state index in [4.69, 9.17) is 9.84 Å². The van der Waals surface area contributed by atoms with Gasteiger partial charge in [0, 0.05) is 48.5 Å². The van der Waals surface area contributed by atoms with Gasteiger partial charge in [0.2, 0.25) is 5.95 Å². The number of ether oxygens (including phenoxy) is 1. The van der Waals surface area contributed by atoms with Crippen molar-refractivity contribution in [1.29, 1.82) is 0 Å². The van der Waals surface area contributed by atoms with Gasteiger partial charge in [-0.2, -0.15) is 4.98 Å². The van der Waals surface area contributed by atoms with Crippen molar-refractivity contribution in [3.63, 3.8) is 0 Å². The minimum absolute atomic E-state index is 0.279. The van der Waals surface area contributed by atoms with E-state index in [-0.39, 0.29) is 12.4 Å². The van der Waals surface area contributed by atoms with Crippen molar-refractivity contribution in [2.75, 3.05) is 43.0 Å². The molecule has 1 saturated heterocycles. The van der Waals surface area contributed by atoms with Gasteiger partial charge in [-0.15, -0.1) is 0 Å². The van der Waals surface area contributed by atoms with Gasteiger partial charge in [-0.3, -0.25) is 0 Å². The highest BCUT2D eigenvalue weighted by atomic mass is 32.2. The number of aromatic nitrogens is 2. The quantitative estimate of drug-likeness (QED) is 0.476. The van der Waals surface area contributed by atoms with E-state index >= 15 is 0 Å². The van der Waals surface area contributed by atoms with Gasteiger partial charge in [-0.1, -0.05) is 0 Å². The average Bonchev–Trinajstić information content (AvgIpc) is 2.80. The Labute approximate surface area is 195 Å². The van der Waals surface area contributed by atoms with Crippen LogP contribution in [0.5, 0.6) is 5.75 Å². The van der Waals surface area contributed by atoms with Crippen LogP contribution in [0.25, 0.3) is 0 Å². The Morgan fingerprint density at radius 2 is 1.79 bits per heavy atom. The molecule has 1 aliphatic rings. The maximum absolute atomic E-state index is 13.2. The average molecular weight is 470 g/mol. The van der Waals surface area contributed by atoms with Crippen molar-refractivity contribution in [2.24, 2.45) is 0 Å². The van der Waals surface area contributed by atoms with Gasteiger partial charge in [-0.25, -0.2) is 18.5 Å². The number of piperazine rings is 1. The first-order valence-corrected chi connectivity index (χ1v) is 11.2. The predicted molar refractivity (Wildman–Crippen MR) is 126 cm³/mol. The maximum atomic E-state index is 13.2. The van der Waals surface area contributed by atoms with Gasteiger partial charge < -0.3 is 20.1 Å². The van der Waals surface area contributed by atoms with Crippen LogP contribution in [0.4, 0.5) is 21.8 Å². The number of carboxylic acids is 1. The number of hydrogen-bond donors (Lipinski definition) is 2. The molecule has 0 atom stereocenters. The predicted octanol–water partition coefficient (Wildman–Crippen LogP) is 3.96. The number of aliphatic carboxylic acids is 1. The van der Waals surface area contributed by atoms with Crippen LogP contribution in [0.2, 0.25) is 0 Å². The van der Waals surface area contributed by atoms with E-state index in [1.807, 2.05) is 25.1 Å². The Kier molecular flexibility index (Phi) is 7.26. The minimum atomic E-state index is -0.998. The van der Waals surface area contributed by atoms with E-state index in [1.165, 1.54) is 12.1 Å². The molecule has 0 unspecified atom stereocenters. The molecular formula is C23H24FN5O3S. The molecule has 0 radical (unpaired) electrons. The van der Waals surface area contributed by atoms with Gasteiger partial charge in [-0.05, 0) is 67.4 Å². The summed E-state index contributed by atoms with van der Waals surface area (Å²) in [5, 5.41) is 11.9. The van der Waals surface area contributed by atoms with Crippen molar-refractivity contribution in [3.05, 3.63) is 66.1 Å². The van der Waals surface area contributed by atoms with E-state index in [1.54, 1.807) is 36.2 Å². The first-order valence-electron chi connectivity index (χ1n) is 10.5. The van der Waals surface area contributed by atoms with Crippen LogP contribution in [0, 0.1) is 12.7 Å². The molecule has 0 saturated carbocycles. The molecule has 2 aromatic carbocycles. The van der Waals surface area contributed by atoms with E-state index in [0.29, 0.717) is 17.5 Å². The highest BCUT2D eigenvalue weighted by molar-refractivity contribution is 7.97. The van der Waals surface area contributed by atoms with Crippen molar-refractivity contribution in [1.82, 2.24) is 14.3 Å². The van der Waals surface area contributed by atoms with E-state index in [2.05, 4.69) is 24.5 Å². The number of nitrogens with one attached hydrogen (secondary N) is 1. The Morgan fingerprint density at radius 3 is 2.45 bits per heavy atom. The minimum Gasteiger partial charge on any atom is -0.482 e. The molecule has 8 nitrogen and oxygen atoms in total. The molecule has 4 rings (SSSR count). The Morgan fingerprint density at radius 1 is 1.09 bits per heavy atom. The second-order valence-electron chi connectivity index (χ2n) is 7.49. The van der Waals surface area contributed by atoms with Crippen LogP contribution in [0.1, 0.15) is 5.69 Å². The van der Waals surface area contributed by atoms with Gasteiger partial charge >= 0.3 is 5.97 Å². The van der Waals surface area contributed by atoms with Crippen LogP contribution >= 0.6 is 11.9 Å². The number of carboxylic acid groups (broad SMARTS) is 1. The first-order chi connectivity index (χ1) is 15.9. The normalized spacial score (nSPS) is 14.2. The zero-order valence-electron chi connectivity index (χ0n) is 18.1. The third-order valence-corrected chi connectivity index (χ3v) is 6.01. The number of carbonyl (C=O) groups is 1. The third kappa shape index (κ3) is 6.56.